The van der Waals surface area contributed by atoms with E-state index in [2.05, 4.69) is 12.1 Å². The summed E-state index contributed by atoms with van der Waals surface area (Å²) in [6, 6.07) is 6.19. The lowest BCUT2D eigenvalue weighted by Crippen LogP contribution is -2.57. The van der Waals surface area contributed by atoms with Crippen molar-refractivity contribution in [1.82, 2.24) is 0 Å². The first-order valence-corrected chi connectivity index (χ1v) is 7.43. The van der Waals surface area contributed by atoms with Crippen LogP contribution < -0.4 is 11.5 Å². The number of hydrogen-bond donors (Lipinski definition) is 3. The summed E-state index contributed by atoms with van der Waals surface area (Å²) in [7, 11) is 0. The van der Waals surface area contributed by atoms with Crippen LogP contribution in [0.5, 0.6) is 0 Å². The fourth-order valence-corrected chi connectivity index (χ4v) is 4.40. The fraction of sp³-hybridized carbons (Fsp3) is 0.625. The van der Waals surface area contributed by atoms with Crippen molar-refractivity contribution in [2.24, 2.45) is 5.73 Å². The summed E-state index contributed by atoms with van der Waals surface area (Å²) in [5.74, 6) is 0. The van der Waals surface area contributed by atoms with E-state index in [4.69, 9.17) is 11.5 Å². The van der Waals surface area contributed by atoms with Crippen LogP contribution in [0.25, 0.3) is 0 Å². The molecule has 104 valence electrons. The molecule has 2 aliphatic carbocycles. The Morgan fingerprint density at radius 2 is 1.95 bits per heavy atom. The van der Waals surface area contributed by atoms with Crippen LogP contribution in [0.1, 0.15) is 49.7 Å². The minimum absolute atomic E-state index is 0.164. The van der Waals surface area contributed by atoms with Crippen LogP contribution >= 0.6 is 0 Å². The van der Waals surface area contributed by atoms with Gasteiger partial charge in [-0.2, -0.15) is 0 Å². The maximum absolute atomic E-state index is 11.2. The molecule has 1 fully saturated rings. The van der Waals surface area contributed by atoms with Gasteiger partial charge in [-0.3, -0.25) is 0 Å². The van der Waals surface area contributed by atoms with Crippen LogP contribution in [0.15, 0.2) is 18.2 Å². The molecule has 5 N–H and O–H groups in total. The third kappa shape index (κ3) is 1.79. The second-order valence-corrected chi connectivity index (χ2v) is 6.28. The molecule has 2 atom stereocenters. The standard InChI is InChI=1S/C16H24N2O/c17-10-9-15-6-1-2-7-16(15,19)8-5-12-3-4-13(18)11-14(12)15/h3-4,11,19H,1-2,5-10,17-18H2. The number of rotatable bonds is 2. The van der Waals surface area contributed by atoms with E-state index in [1.807, 2.05) is 6.07 Å². The van der Waals surface area contributed by atoms with Crippen LogP contribution in [-0.2, 0) is 11.8 Å². The highest BCUT2D eigenvalue weighted by Crippen LogP contribution is 2.54. The first-order chi connectivity index (χ1) is 9.11. The Labute approximate surface area is 115 Å². The van der Waals surface area contributed by atoms with Crippen LogP contribution in [0.3, 0.4) is 0 Å². The Bertz CT molecular complexity index is 484. The van der Waals surface area contributed by atoms with E-state index in [9.17, 15) is 5.11 Å². The van der Waals surface area contributed by atoms with Crippen molar-refractivity contribution in [3.63, 3.8) is 0 Å². The Balaban J connectivity index is 2.17. The van der Waals surface area contributed by atoms with Gasteiger partial charge in [0.1, 0.15) is 0 Å². The lowest BCUT2D eigenvalue weighted by atomic mass is 9.53. The number of aryl methyl sites for hydroxylation is 1. The second kappa shape index (κ2) is 4.50. The van der Waals surface area contributed by atoms with Crippen LogP contribution in [0.2, 0.25) is 0 Å². The molecule has 0 radical (unpaired) electrons. The normalized spacial score (nSPS) is 33.6. The second-order valence-electron chi connectivity index (χ2n) is 6.28. The summed E-state index contributed by atoms with van der Waals surface area (Å²) >= 11 is 0. The summed E-state index contributed by atoms with van der Waals surface area (Å²) in [5.41, 5.74) is 14.5. The average molecular weight is 260 g/mol. The Kier molecular flexibility index (Phi) is 3.06. The molecule has 0 saturated heterocycles. The van der Waals surface area contributed by atoms with Gasteiger partial charge in [-0.15, -0.1) is 0 Å². The number of benzene rings is 1. The fourth-order valence-electron chi connectivity index (χ4n) is 4.40. The molecule has 0 aromatic heterocycles. The first kappa shape index (κ1) is 12.9. The van der Waals surface area contributed by atoms with Gasteiger partial charge in [-0.25, -0.2) is 0 Å². The SMILES string of the molecule is NCCC12CCCCC1(O)CCc1ccc(N)cc12. The molecule has 1 aromatic rings. The molecule has 0 amide bonds. The molecular weight excluding hydrogens is 236 g/mol. The molecule has 2 aliphatic rings. The Morgan fingerprint density at radius 1 is 1.16 bits per heavy atom. The van der Waals surface area contributed by atoms with Gasteiger partial charge in [-0.05, 0) is 61.9 Å². The smallest absolute Gasteiger partial charge is 0.0747 e. The monoisotopic (exact) mass is 260 g/mol. The highest BCUT2D eigenvalue weighted by atomic mass is 16.3. The minimum Gasteiger partial charge on any atom is -0.399 e. The topological polar surface area (TPSA) is 72.3 Å². The number of nitrogen functional groups attached to an aromatic ring is 1. The summed E-state index contributed by atoms with van der Waals surface area (Å²) in [5, 5.41) is 11.2. The van der Waals surface area contributed by atoms with Gasteiger partial charge in [0.15, 0.2) is 0 Å². The quantitative estimate of drug-likeness (QED) is 0.713. The number of anilines is 1. The van der Waals surface area contributed by atoms with E-state index in [-0.39, 0.29) is 5.41 Å². The molecular formula is C16H24N2O. The molecule has 3 rings (SSSR count). The van der Waals surface area contributed by atoms with Crippen molar-refractivity contribution in [3.05, 3.63) is 29.3 Å². The predicted octanol–water partition coefficient (Wildman–Crippen LogP) is 2.11. The zero-order valence-electron chi connectivity index (χ0n) is 11.5. The number of hydrogen-bond acceptors (Lipinski definition) is 3. The molecule has 0 bridgehead atoms. The van der Waals surface area contributed by atoms with E-state index in [1.165, 1.54) is 17.5 Å². The molecule has 19 heavy (non-hydrogen) atoms. The van der Waals surface area contributed by atoms with Crippen molar-refractivity contribution in [3.8, 4) is 0 Å². The lowest BCUT2D eigenvalue weighted by Gasteiger charge is -2.54. The van der Waals surface area contributed by atoms with E-state index in [1.54, 1.807) is 0 Å². The molecule has 2 unspecified atom stereocenters. The van der Waals surface area contributed by atoms with Crippen molar-refractivity contribution in [2.75, 3.05) is 12.3 Å². The maximum atomic E-state index is 11.2. The van der Waals surface area contributed by atoms with Crippen molar-refractivity contribution >= 4 is 5.69 Å². The minimum atomic E-state index is -0.578. The molecule has 1 saturated carbocycles. The highest BCUT2D eigenvalue weighted by molar-refractivity contribution is 5.51. The van der Waals surface area contributed by atoms with Crippen LogP contribution in [-0.4, -0.2) is 17.3 Å². The molecule has 3 nitrogen and oxygen atoms in total. The zero-order chi connectivity index (χ0) is 13.5. The summed E-state index contributed by atoms with van der Waals surface area (Å²) < 4.78 is 0. The maximum Gasteiger partial charge on any atom is 0.0747 e. The average Bonchev–Trinajstić information content (AvgIpc) is 2.40. The lowest BCUT2D eigenvalue weighted by molar-refractivity contribution is -0.0861. The molecule has 0 aliphatic heterocycles. The van der Waals surface area contributed by atoms with E-state index in [0.717, 1.165) is 44.2 Å². The first-order valence-electron chi connectivity index (χ1n) is 7.43. The van der Waals surface area contributed by atoms with Crippen molar-refractivity contribution in [1.29, 1.82) is 0 Å². The van der Waals surface area contributed by atoms with Crippen molar-refractivity contribution < 1.29 is 5.11 Å². The van der Waals surface area contributed by atoms with Crippen LogP contribution in [0.4, 0.5) is 5.69 Å². The third-order valence-electron chi connectivity index (χ3n) is 5.36. The molecule has 0 spiro atoms. The van der Waals surface area contributed by atoms with Crippen molar-refractivity contribution in [2.45, 2.75) is 56.0 Å². The Hall–Kier alpha value is -1.06. The van der Waals surface area contributed by atoms with Gasteiger partial charge in [0.05, 0.1) is 5.60 Å². The highest BCUT2D eigenvalue weighted by Gasteiger charge is 2.54. The van der Waals surface area contributed by atoms with Gasteiger partial charge in [0.2, 0.25) is 0 Å². The molecule has 3 heteroatoms. The van der Waals surface area contributed by atoms with Gasteiger partial charge < -0.3 is 16.6 Å². The van der Waals surface area contributed by atoms with E-state index < -0.39 is 5.60 Å². The predicted molar refractivity (Wildman–Crippen MR) is 77.9 cm³/mol. The zero-order valence-corrected chi connectivity index (χ0v) is 11.5. The van der Waals surface area contributed by atoms with Gasteiger partial charge in [0.25, 0.3) is 0 Å². The summed E-state index contributed by atoms with van der Waals surface area (Å²) in [4.78, 5) is 0. The summed E-state index contributed by atoms with van der Waals surface area (Å²) in [6.07, 6.45) is 6.93. The van der Waals surface area contributed by atoms with Crippen LogP contribution in [0, 0.1) is 0 Å². The Morgan fingerprint density at radius 3 is 2.74 bits per heavy atom. The largest absolute Gasteiger partial charge is 0.399 e. The van der Waals surface area contributed by atoms with Gasteiger partial charge in [0, 0.05) is 11.1 Å². The molecule has 0 heterocycles. The number of fused-ring (bicyclic) bond motifs is 3. The van der Waals surface area contributed by atoms with Gasteiger partial charge >= 0.3 is 0 Å². The number of nitrogens with two attached hydrogens (primary N) is 2. The van der Waals surface area contributed by atoms with Gasteiger partial charge in [-0.1, -0.05) is 18.9 Å². The summed E-state index contributed by atoms with van der Waals surface area (Å²) in [6.45, 7) is 0.622. The van der Waals surface area contributed by atoms with E-state index in [0.29, 0.717) is 6.54 Å². The molecule has 1 aromatic carbocycles. The number of aliphatic hydroxyl groups is 1. The van der Waals surface area contributed by atoms with E-state index >= 15 is 0 Å². The third-order valence-corrected chi connectivity index (χ3v) is 5.36.